The van der Waals surface area contributed by atoms with Crippen LogP contribution in [0, 0.1) is 0 Å². The van der Waals surface area contributed by atoms with E-state index in [2.05, 4.69) is 4.37 Å². The monoisotopic (exact) mass is 201 g/mol. The fraction of sp³-hybridized carbons (Fsp3) is 0.625. The lowest BCUT2D eigenvalue weighted by Crippen LogP contribution is -2.35. The van der Waals surface area contributed by atoms with Crippen LogP contribution in [0.5, 0.6) is 0 Å². The lowest BCUT2D eigenvalue weighted by molar-refractivity contribution is 0.0887. The Morgan fingerprint density at radius 2 is 2.31 bits per heavy atom. The molecule has 0 aliphatic heterocycles. The van der Waals surface area contributed by atoms with Gasteiger partial charge in [-0.15, -0.1) is 0 Å². The van der Waals surface area contributed by atoms with E-state index in [1.807, 2.05) is 11.9 Å². The summed E-state index contributed by atoms with van der Waals surface area (Å²) in [6.07, 6.45) is 0. The molecule has 0 saturated carbocycles. The van der Waals surface area contributed by atoms with E-state index in [9.17, 15) is 5.11 Å². The molecular weight excluding hydrogens is 186 g/mol. The molecule has 5 heteroatoms. The molecule has 0 atom stereocenters. The zero-order valence-electron chi connectivity index (χ0n) is 8.11. The number of nitrogens with two attached hydrogens (primary N) is 1. The highest BCUT2D eigenvalue weighted by molar-refractivity contribution is 7.10. The first-order valence-electron chi connectivity index (χ1n) is 4.04. The Hall–Kier alpha value is -0.810. The molecule has 1 aromatic heterocycles. The number of anilines is 2. The van der Waals surface area contributed by atoms with Crippen LogP contribution in [0.25, 0.3) is 0 Å². The van der Waals surface area contributed by atoms with Crippen LogP contribution in [0.1, 0.15) is 13.8 Å². The summed E-state index contributed by atoms with van der Waals surface area (Å²) in [7, 11) is 1.91. The molecule has 0 bridgehead atoms. The van der Waals surface area contributed by atoms with Crippen molar-refractivity contribution < 1.29 is 5.11 Å². The van der Waals surface area contributed by atoms with Crippen molar-refractivity contribution >= 4 is 22.4 Å². The van der Waals surface area contributed by atoms with E-state index in [4.69, 9.17) is 5.73 Å². The van der Waals surface area contributed by atoms with Gasteiger partial charge < -0.3 is 15.7 Å². The zero-order valence-corrected chi connectivity index (χ0v) is 8.93. The van der Waals surface area contributed by atoms with E-state index in [1.54, 1.807) is 19.9 Å². The highest BCUT2D eigenvalue weighted by Crippen LogP contribution is 2.22. The van der Waals surface area contributed by atoms with Gasteiger partial charge in [0.1, 0.15) is 10.8 Å². The number of hydrogen-bond acceptors (Lipinski definition) is 5. The number of rotatable bonds is 3. The summed E-state index contributed by atoms with van der Waals surface area (Å²) in [5.41, 5.74) is 4.79. The zero-order chi connectivity index (χ0) is 10.1. The van der Waals surface area contributed by atoms with Crippen LogP contribution in [0.2, 0.25) is 0 Å². The van der Waals surface area contributed by atoms with Gasteiger partial charge in [-0.25, -0.2) is 0 Å². The molecule has 0 aliphatic carbocycles. The number of nitrogen functional groups attached to an aromatic ring is 1. The van der Waals surface area contributed by atoms with Crippen LogP contribution < -0.4 is 10.6 Å². The van der Waals surface area contributed by atoms with E-state index in [0.717, 1.165) is 5.00 Å². The molecule has 1 aromatic rings. The van der Waals surface area contributed by atoms with Crippen molar-refractivity contribution in [3.8, 4) is 0 Å². The molecule has 4 nitrogen and oxygen atoms in total. The van der Waals surface area contributed by atoms with E-state index < -0.39 is 5.60 Å². The maximum atomic E-state index is 9.57. The molecule has 0 fully saturated rings. The average molecular weight is 201 g/mol. The van der Waals surface area contributed by atoms with Crippen LogP contribution in [0.4, 0.5) is 10.8 Å². The normalized spacial score (nSPS) is 11.7. The molecule has 0 spiro atoms. The molecule has 13 heavy (non-hydrogen) atoms. The van der Waals surface area contributed by atoms with Crippen LogP contribution >= 0.6 is 11.5 Å². The van der Waals surface area contributed by atoms with Crippen LogP contribution in [0.15, 0.2) is 6.07 Å². The third kappa shape index (κ3) is 3.20. The topological polar surface area (TPSA) is 62.4 Å². The number of aliphatic hydroxyl groups is 1. The Kier molecular flexibility index (Phi) is 2.77. The van der Waals surface area contributed by atoms with Gasteiger partial charge in [-0.2, -0.15) is 4.37 Å². The van der Waals surface area contributed by atoms with E-state index in [0.29, 0.717) is 12.4 Å². The molecule has 1 heterocycles. The second-order valence-electron chi connectivity index (χ2n) is 3.76. The second kappa shape index (κ2) is 3.51. The van der Waals surface area contributed by atoms with Crippen molar-refractivity contribution in [1.29, 1.82) is 0 Å². The summed E-state index contributed by atoms with van der Waals surface area (Å²) in [6.45, 7) is 4.11. The Balaban J connectivity index is 2.64. The molecule has 0 unspecified atom stereocenters. The summed E-state index contributed by atoms with van der Waals surface area (Å²) in [5.74, 6) is 0.530. The lowest BCUT2D eigenvalue weighted by Gasteiger charge is -2.25. The van der Waals surface area contributed by atoms with Crippen LogP contribution in [0.3, 0.4) is 0 Å². The number of hydrogen-bond donors (Lipinski definition) is 2. The minimum atomic E-state index is -0.701. The van der Waals surface area contributed by atoms with Crippen molar-refractivity contribution in [1.82, 2.24) is 4.37 Å². The van der Waals surface area contributed by atoms with Gasteiger partial charge in [0.05, 0.1) is 5.60 Å². The summed E-state index contributed by atoms with van der Waals surface area (Å²) in [4.78, 5) is 1.94. The quantitative estimate of drug-likeness (QED) is 0.763. The Labute approximate surface area is 82.2 Å². The van der Waals surface area contributed by atoms with Gasteiger partial charge in [0.15, 0.2) is 0 Å². The highest BCUT2D eigenvalue weighted by Gasteiger charge is 2.16. The summed E-state index contributed by atoms with van der Waals surface area (Å²) < 4.78 is 3.96. The van der Waals surface area contributed by atoms with Gasteiger partial charge in [-0.1, -0.05) is 0 Å². The standard InChI is InChI=1S/C8H15N3OS/c1-8(2,12)5-11(3)7-4-6(9)10-13-7/h4,12H,5H2,1-3H3,(H2,9,10). The van der Waals surface area contributed by atoms with Crippen molar-refractivity contribution in [3.05, 3.63) is 6.07 Å². The number of nitrogens with zero attached hydrogens (tertiary/aromatic N) is 2. The van der Waals surface area contributed by atoms with Crippen LogP contribution in [-0.4, -0.2) is 28.7 Å². The maximum Gasteiger partial charge on any atom is 0.139 e. The van der Waals surface area contributed by atoms with Crippen molar-refractivity contribution in [3.63, 3.8) is 0 Å². The minimum Gasteiger partial charge on any atom is -0.389 e. The Bertz CT molecular complexity index is 279. The van der Waals surface area contributed by atoms with Gasteiger partial charge in [0, 0.05) is 19.7 Å². The minimum absolute atomic E-state index is 0.530. The first-order valence-corrected chi connectivity index (χ1v) is 4.81. The Morgan fingerprint density at radius 1 is 1.69 bits per heavy atom. The van der Waals surface area contributed by atoms with Crippen molar-refractivity contribution in [2.24, 2.45) is 0 Å². The van der Waals surface area contributed by atoms with Gasteiger partial charge in [0.2, 0.25) is 0 Å². The van der Waals surface area contributed by atoms with E-state index in [1.165, 1.54) is 11.5 Å². The first kappa shape index (κ1) is 10.3. The summed E-state index contributed by atoms with van der Waals surface area (Å²) >= 11 is 1.34. The van der Waals surface area contributed by atoms with E-state index in [-0.39, 0.29) is 0 Å². The molecule has 0 aromatic carbocycles. The largest absolute Gasteiger partial charge is 0.389 e. The molecule has 0 radical (unpaired) electrons. The van der Waals surface area contributed by atoms with Gasteiger partial charge in [-0.3, -0.25) is 0 Å². The average Bonchev–Trinajstić information content (AvgIpc) is 2.31. The predicted molar refractivity (Wildman–Crippen MR) is 56.1 cm³/mol. The SMILES string of the molecule is CN(CC(C)(C)O)c1cc(N)ns1. The summed E-state index contributed by atoms with van der Waals surface area (Å²) in [5, 5.41) is 10.5. The summed E-state index contributed by atoms with van der Waals surface area (Å²) in [6, 6.07) is 1.80. The molecule has 0 amide bonds. The number of likely N-dealkylation sites (N-methyl/N-ethyl adjacent to an activating group) is 1. The molecule has 1 rings (SSSR count). The van der Waals surface area contributed by atoms with Gasteiger partial charge in [0.25, 0.3) is 0 Å². The number of aromatic nitrogens is 1. The van der Waals surface area contributed by atoms with Crippen molar-refractivity contribution in [2.45, 2.75) is 19.4 Å². The maximum absolute atomic E-state index is 9.57. The van der Waals surface area contributed by atoms with Gasteiger partial charge >= 0.3 is 0 Å². The van der Waals surface area contributed by atoms with Crippen LogP contribution in [-0.2, 0) is 0 Å². The fourth-order valence-electron chi connectivity index (χ4n) is 1.12. The van der Waals surface area contributed by atoms with Crippen molar-refractivity contribution in [2.75, 3.05) is 24.2 Å². The molecular formula is C8H15N3OS. The molecule has 3 N–H and O–H groups in total. The fourth-order valence-corrected chi connectivity index (χ4v) is 1.75. The van der Waals surface area contributed by atoms with Gasteiger partial charge in [-0.05, 0) is 25.4 Å². The van der Waals surface area contributed by atoms with E-state index >= 15 is 0 Å². The molecule has 74 valence electrons. The first-order chi connectivity index (χ1) is 5.88. The smallest absolute Gasteiger partial charge is 0.139 e. The molecule has 0 saturated heterocycles. The highest BCUT2D eigenvalue weighted by atomic mass is 32.1. The second-order valence-corrected chi connectivity index (χ2v) is 4.54. The lowest BCUT2D eigenvalue weighted by atomic mass is 10.1. The third-order valence-corrected chi connectivity index (χ3v) is 2.43. The third-order valence-electron chi connectivity index (χ3n) is 1.52. The Morgan fingerprint density at radius 3 is 2.69 bits per heavy atom. The predicted octanol–water partition coefficient (Wildman–Crippen LogP) is 0.932. The molecule has 0 aliphatic rings.